The summed E-state index contributed by atoms with van der Waals surface area (Å²) in [7, 11) is 1.58. The normalized spacial score (nSPS) is 12.2. The number of methoxy groups -OCH3 is 1. The van der Waals surface area contributed by atoms with E-state index in [1.165, 1.54) is 13.1 Å². The van der Waals surface area contributed by atoms with Crippen LogP contribution in [0.3, 0.4) is 0 Å². The van der Waals surface area contributed by atoms with Crippen LogP contribution in [-0.4, -0.2) is 31.0 Å². The van der Waals surface area contributed by atoms with Gasteiger partial charge < -0.3 is 14.6 Å². The summed E-state index contributed by atoms with van der Waals surface area (Å²) in [6.45, 7) is 3.35. The summed E-state index contributed by atoms with van der Waals surface area (Å²) >= 11 is 0. The molecule has 5 nitrogen and oxygen atoms in total. The molecule has 0 aromatic heterocycles. The van der Waals surface area contributed by atoms with E-state index in [0.29, 0.717) is 5.69 Å². The van der Waals surface area contributed by atoms with E-state index in [9.17, 15) is 9.90 Å². The number of nitrogens with zero attached hydrogens (tertiary/aromatic N) is 1. The first-order valence-electron chi connectivity index (χ1n) is 5.83. The molecule has 1 rings (SSSR count). The van der Waals surface area contributed by atoms with Crippen molar-refractivity contribution in [2.75, 3.05) is 13.7 Å². The number of benzene rings is 1. The lowest BCUT2D eigenvalue weighted by atomic mass is 10.2. The number of hydrogen-bond donors (Lipinski definition) is 1. The fourth-order valence-electron chi connectivity index (χ4n) is 1.31. The number of aliphatic imine (C=N–C) groups is 1. The quantitative estimate of drug-likeness (QED) is 0.384. The van der Waals surface area contributed by atoms with Crippen molar-refractivity contribution in [3.8, 4) is 5.75 Å². The summed E-state index contributed by atoms with van der Waals surface area (Å²) < 4.78 is 9.85. The maximum absolute atomic E-state index is 11.6. The first-order chi connectivity index (χ1) is 9.08. The highest BCUT2D eigenvalue weighted by Crippen LogP contribution is 2.17. The SMILES string of the molecule is CCOC(=O)/C(C=Nc1ccc(OC)cc1)=C(/C)O. The molecule has 1 aromatic rings. The zero-order valence-corrected chi connectivity index (χ0v) is 11.2. The average molecular weight is 263 g/mol. The van der Waals surface area contributed by atoms with Crippen LogP contribution >= 0.6 is 0 Å². The second-order valence-corrected chi connectivity index (χ2v) is 3.68. The number of hydrogen-bond acceptors (Lipinski definition) is 5. The third-order valence-electron chi connectivity index (χ3n) is 2.30. The van der Waals surface area contributed by atoms with E-state index in [1.54, 1.807) is 38.3 Å². The molecular formula is C14H17NO4. The number of carbonyl (C=O) groups excluding carboxylic acids is 1. The maximum atomic E-state index is 11.6. The van der Waals surface area contributed by atoms with Crippen LogP contribution in [0, 0.1) is 0 Å². The minimum absolute atomic E-state index is 0.0395. The number of ether oxygens (including phenoxy) is 2. The monoisotopic (exact) mass is 263 g/mol. The number of carbonyl (C=O) groups is 1. The van der Waals surface area contributed by atoms with Crippen LogP contribution in [0.5, 0.6) is 5.75 Å². The van der Waals surface area contributed by atoms with Gasteiger partial charge in [-0.2, -0.15) is 0 Å². The number of aliphatic hydroxyl groups is 1. The maximum Gasteiger partial charge on any atom is 0.343 e. The largest absolute Gasteiger partial charge is 0.512 e. The predicted octanol–water partition coefficient (Wildman–Crippen LogP) is 2.79. The van der Waals surface area contributed by atoms with Crippen LogP contribution in [0.4, 0.5) is 5.69 Å². The molecule has 0 fully saturated rings. The highest BCUT2D eigenvalue weighted by Gasteiger charge is 2.11. The molecule has 0 atom stereocenters. The Balaban J connectivity index is 2.87. The summed E-state index contributed by atoms with van der Waals surface area (Å²) in [4.78, 5) is 15.7. The first-order valence-corrected chi connectivity index (χ1v) is 5.83. The Morgan fingerprint density at radius 3 is 2.47 bits per heavy atom. The minimum Gasteiger partial charge on any atom is -0.512 e. The van der Waals surface area contributed by atoms with E-state index in [-0.39, 0.29) is 17.9 Å². The third-order valence-corrected chi connectivity index (χ3v) is 2.30. The summed E-state index contributed by atoms with van der Waals surface area (Å²) in [5, 5.41) is 9.44. The van der Waals surface area contributed by atoms with Crippen molar-refractivity contribution in [1.82, 2.24) is 0 Å². The van der Waals surface area contributed by atoms with Crippen molar-refractivity contribution >= 4 is 17.9 Å². The van der Waals surface area contributed by atoms with Gasteiger partial charge in [-0.25, -0.2) is 4.79 Å². The van der Waals surface area contributed by atoms with Gasteiger partial charge in [-0.1, -0.05) is 0 Å². The van der Waals surface area contributed by atoms with E-state index in [0.717, 1.165) is 5.75 Å². The van der Waals surface area contributed by atoms with Crippen LogP contribution < -0.4 is 4.74 Å². The fraction of sp³-hybridized carbons (Fsp3) is 0.286. The Morgan fingerprint density at radius 2 is 2.00 bits per heavy atom. The molecular weight excluding hydrogens is 246 g/mol. The average Bonchev–Trinajstić information content (AvgIpc) is 2.39. The van der Waals surface area contributed by atoms with E-state index in [2.05, 4.69) is 4.99 Å². The molecule has 0 bridgehead atoms. The van der Waals surface area contributed by atoms with E-state index < -0.39 is 5.97 Å². The Morgan fingerprint density at radius 1 is 1.37 bits per heavy atom. The topological polar surface area (TPSA) is 68.1 Å². The molecule has 1 N–H and O–H groups in total. The smallest absolute Gasteiger partial charge is 0.343 e. The van der Waals surface area contributed by atoms with Crippen molar-refractivity contribution in [1.29, 1.82) is 0 Å². The molecule has 0 amide bonds. The Labute approximate surface area is 112 Å². The molecule has 19 heavy (non-hydrogen) atoms. The lowest BCUT2D eigenvalue weighted by Gasteiger charge is -2.03. The van der Waals surface area contributed by atoms with Crippen LogP contribution in [0.25, 0.3) is 0 Å². The van der Waals surface area contributed by atoms with Gasteiger partial charge in [0.1, 0.15) is 17.1 Å². The molecule has 0 saturated heterocycles. The highest BCUT2D eigenvalue weighted by molar-refractivity contribution is 6.10. The molecule has 0 aliphatic carbocycles. The van der Waals surface area contributed by atoms with Crippen LogP contribution in [0.15, 0.2) is 40.6 Å². The van der Waals surface area contributed by atoms with Gasteiger partial charge in [0.2, 0.25) is 0 Å². The molecule has 102 valence electrons. The lowest BCUT2D eigenvalue weighted by molar-refractivity contribution is -0.138. The van der Waals surface area contributed by atoms with Gasteiger partial charge in [-0.3, -0.25) is 4.99 Å². The summed E-state index contributed by atoms with van der Waals surface area (Å²) in [5.41, 5.74) is 0.682. The van der Waals surface area contributed by atoms with Gasteiger partial charge in [0.15, 0.2) is 0 Å². The Kier molecular flexibility index (Phi) is 5.60. The molecule has 0 spiro atoms. The number of esters is 1. The number of allylic oxidation sites excluding steroid dienone is 1. The molecule has 1 aromatic carbocycles. The molecule has 0 radical (unpaired) electrons. The third kappa shape index (κ3) is 4.46. The molecule has 0 unspecified atom stereocenters. The zero-order valence-electron chi connectivity index (χ0n) is 11.2. The van der Waals surface area contributed by atoms with Gasteiger partial charge in [0.25, 0.3) is 0 Å². The van der Waals surface area contributed by atoms with Gasteiger partial charge in [0.05, 0.1) is 19.4 Å². The van der Waals surface area contributed by atoms with Gasteiger partial charge in [-0.15, -0.1) is 0 Å². The van der Waals surface area contributed by atoms with E-state index >= 15 is 0 Å². The lowest BCUT2D eigenvalue weighted by Crippen LogP contribution is -2.10. The zero-order chi connectivity index (χ0) is 14.3. The van der Waals surface area contributed by atoms with Crippen molar-refractivity contribution < 1.29 is 19.4 Å². The number of aliphatic hydroxyl groups excluding tert-OH is 1. The van der Waals surface area contributed by atoms with Crippen LogP contribution in [0.1, 0.15) is 13.8 Å². The summed E-state index contributed by atoms with van der Waals surface area (Å²) in [5.74, 6) is -0.00563. The van der Waals surface area contributed by atoms with Crippen molar-refractivity contribution in [2.45, 2.75) is 13.8 Å². The second-order valence-electron chi connectivity index (χ2n) is 3.68. The van der Waals surface area contributed by atoms with Crippen LogP contribution in [-0.2, 0) is 9.53 Å². The summed E-state index contributed by atoms with van der Waals surface area (Å²) in [6, 6.07) is 6.99. The first kappa shape index (κ1) is 14.8. The Bertz CT molecular complexity index is 485. The molecule has 0 saturated carbocycles. The second kappa shape index (κ2) is 7.20. The molecule has 0 aliphatic rings. The van der Waals surface area contributed by atoms with Gasteiger partial charge >= 0.3 is 5.97 Å². The Hall–Kier alpha value is -2.30. The van der Waals surface area contributed by atoms with Crippen molar-refractivity contribution in [2.24, 2.45) is 4.99 Å². The highest BCUT2D eigenvalue weighted by atomic mass is 16.5. The fourth-order valence-corrected chi connectivity index (χ4v) is 1.31. The predicted molar refractivity (Wildman–Crippen MR) is 73.1 cm³/mol. The number of rotatable bonds is 5. The van der Waals surface area contributed by atoms with E-state index in [1.807, 2.05) is 0 Å². The van der Waals surface area contributed by atoms with E-state index in [4.69, 9.17) is 9.47 Å². The van der Waals surface area contributed by atoms with Crippen LogP contribution in [0.2, 0.25) is 0 Å². The van der Waals surface area contributed by atoms with Crippen molar-refractivity contribution in [3.63, 3.8) is 0 Å². The van der Waals surface area contributed by atoms with Gasteiger partial charge in [0, 0.05) is 6.21 Å². The summed E-state index contributed by atoms with van der Waals surface area (Å²) in [6.07, 6.45) is 1.29. The minimum atomic E-state index is -0.597. The molecule has 0 aliphatic heterocycles. The molecule has 0 heterocycles. The standard InChI is InChI=1S/C14H17NO4/c1-4-19-14(17)13(10(2)16)9-15-11-5-7-12(18-3)8-6-11/h5-9,16H,4H2,1-3H3/b13-10-,15-9?. The van der Waals surface area contributed by atoms with Gasteiger partial charge in [-0.05, 0) is 38.1 Å². The van der Waals surface area contributed by atoms with Crippen molar-refractivity contribution in [3.05, 3.63) is 35.6 Å². The molecule has 5 heteroatoms.